The summed E-state index contributed by atoms with van der Waals surface area (Å²) in [5, 5.41) is 11.5. The summed E-state index contributed by atoms with van der Waals surface area (Å²) in [4.78, 5) is 12.2. The Balaban J connectivity index is 2.36. The first-order chi connectivity index (χ1) is 10.1. The molecule has 1 aromatic heterocycles. The predicted octanol–water partition coefficient (Wildman–Crippen LogP) is 1.56. The van der Waals surface area contributed by atoms with Gasteiger partial charge in [-0.1, -0.05) is 29.8 Å². The van der Waals surface area contributed by atoms with Crippen molar-refractivity contribution in [3.63, 3.8) is 0 Å². The largest absolute Gasteiger partial charge is 0.347 e. The first-order valence-electron chi connectivity index (χ1n) is 6.78. The molecule has 0 aliphatic carbocycles. The summed E-state index contributed by atoms with van der Waals surface area (Å²) >= 11 is 5.99. The Morgan fingerprint density at radius 3 is 2.90 bits per heavy atom. The molecule has 0 aliphatic heterocycles. The van der Waals surface area contributed by atoms with E-state index in [0.29, 0.717) is 23.7 Å². The highest BCUT2D eigenvalue weighted by molar-refractivity contribution is 6.30. The number of hydrogen-bond acceptors (Lipinski definition) is 4. The molecule has 1 amide bonds. The minimum Gasteiger partial charge on any atom is -0.347 e. The first kappa shape index (κ1) is 15.5. The van der Waals surface area contributed by atoms with Crippen LogP contribution in [0, 0.1) is 0 Å². The second kappa shape index (κ2) is 6.69. The van der Waals surface area contributed by atoms with E-state index in [4.69, 9.17) is 17.3 Å². The Labute approximate surface area is 128 Å². The summed E-state index contributed by atoms with van der Waals surface area (Å²) < 4.78 is 1.63. The molecule has 112 valence electrons. The van der Waals surface area contributed by atoms with Crippen LogP contribution in [-0.4, -0.2) is 33.5 Å². The lowest BCUT2D eigenvalue weighted by Crippen LogP contribution is -2.38. The number of hydrogen-bond donors (Lipinski definition) is 2. The third kappa shape index (κ3) is 3.40. The van der Waals surface area contributed by atoms with Crippen LogP contribution >= 0.6 is 11.6 Å². The fourth-order valence-electron chi connectivity index (χ4n) is 1.96. The molecule has 0 radical (unpaired) electrons. The zero-order chi connectivity index (χ0) is 15.4. The first-order valence-corrected chi connectivity index (χ1v) is 7.16. The van der Waals surface area contributed by atoms with Gasteiger partial charge in [-0.25, -0.2) is 4.68 Å². The molecule has 0 saturated heterocycles. The summed E-state index contributed by atoms with van der Waals surface area (Å²) in [5.74, 6) is -0.266. The monoisotopic (exact) mass is 307 g/mol. The number of carbonyl (C=O) groups is 1. The molecular weight excluding hydrogens is 290 g/mol. The highest BCUT2D eigenvalue weighted by atomic mass is 35.5. The molecule has 0 fully saturated rings. The standard InChI is InChI=1S/C14H18ClN5O/c1-3-12-13(14(21)17-9(2)8-16)18-19-20(12)11-6-4-5-10(15)7-11/h4-7,9H,3,8,16H2,1-2H3,(H,17,21)/t9-/m0/s1. The maximum absolute atomic E-state index is 12.2. The van der Waals surface area contributed by atoms with Gasteiger partial charge in [0.25, 0.3) is 5.91 Å². The summed E-state index contributed by atoms with van der Waals surface area (Å²) in [6.07, 6.45) is 0.624. The van der Waals surface area contributed by atoms with E-state index in [2.05, 4.69) is 15.6 Å². The van der Waals surface area contributed by atoms with Crippen molar-refractivity contribution in [1.82, 2.24) is 20.3 Å². The van der Waals surface area contributed by atoms with Gasteiger partial charge < -0.3 is 11.1 Å². The molecule has 1 aromatic carbocycles. The van der Waals surface area contributed by atoms with Gasteiger partial charge in [0, 0.05) is 17.6 Å². The van der Waals surface area contributed by atoms with Crippen LogP contribution in [0.1, 0.15) is 30.0 Å². The lowest BCUT2D eigenvalue weighted by Gasteiger charge is -2.11. The zero-order valence-corrected chi connectivity index (χ0v) is 12.8. The van der Waals surface area contributed by atoms with Crippen LogP contribution < -0.4 is 11.1 Å². The zero-order valence-electron chi connectivity index (χ0n) is 12.0. The van der Waals surface area contributed by atoms with Crippen LogP contribution in [0.2, 0.25) is 5.02 Å². The smallest absolute Gasteiger partial charge is 0.274 e. The van der Waals surface area contributed by atoms with Crippen LogP contribution in [0.3, 0.4) is 0 Å². The highest BCUT2D eigenvalue weighted by Crippen LogP contribution is 2.17. The van der Waals surface area contributed by atoms with Crippen LogP contribution in [0.25, 0.3) is 5.69 Å². The number of aromatic nitrogens is 3. The Morgan fingerprint density at radius 2 is 2.29 bits per heavy atom. The molecule has 1 heterocycles. The number of nitrogens with two attached hydrogens (primary N) is 1. The van der Waals surface area contributed by atoms with Crippen LogP contribution in [0.15, 0.2) is 24.3 Å². The maximum Gasteiger partial charge on any atom is 0.274 e. The van der Waals surface area contributed by atoms with E-state index in [-0.39, 0.29) is 11.9 Å². The van der Waals surface area contributed by atoms with Gasteiger partial charge in [-0.2, -0.15) is 0 Å². The molecule has 7 heteroatoms. The third-order valence-electron chi connectivity index (χ3n) is 3.10. The lowest BCUT2D eigenvalue weighted by atomic mass is 10.2. The lowest BCUT2D eigenvalue weighted by molar-refractivity contribution is 0.0935. The van der Waals surface area contributed by atoms with Gasteiger partial charge in [-0.15, -0.1) is 5.10 Å². The van der Waals surface area contributed by atoms with E-state index < -0.39 is 0 Å². The Morgan fingerprint density at radius 1 is 1.52 bits per heavy atom. The van der Waals surface area contributed by atoms with E-state index >= 15 is 0 Å². The Bertz CT molecular complexity index is 640. The predicted molar refractivity (Wildman–Crippen MR) is 81.7 cm³/mol. The fourth-order valence-corrected chi connectivity index (χ4v) is 2.15. The molecule has 21 heavy (non-hydrogen) atoms. The number of nitrogens with one attached hydrogen (secondary N) is 1. The average Bonchev–Trinajstić information content (AvgIpc) is 2.90. The molecule has 1 atom stereocenters. The van der Waals surface area contributed by atoms with E-state index in [9.17, 15) is 4.79 Å². The summed E-state index contributed by atoms with van der Waals surface area (Å²) in [6, 6.07) is 7.14. The minimum absolute atomic E-state index is 0.112. The SMILES string of the molecule is CCc1c(C(=O)N[C@@H](C)CN)nnn1-c1cccc(Cl)c1. The Kier molecular flexibility index (Phi) is 4.93. The number of halogens is 1. The van der Waals surface area contributed by atoms with Crippen molar-refractivity contribution >= 4 is 17.5 Å². The van der Waals surface area contributed by atoms with Gasteiger partial charge in [0.15, 0.2) is 5.69 Å². The molecule has 0 spiro atoms. The second-order valence-electron chi connectivity index (χ2n) is 4.74. The van der Waals surface area contributed by atoms with Crippen molar-refractivity contribution in [2.75, 3.05) is 6.54 Å². The van der Waals surface area contributed by atoms with Crippen molar-refractivity contribution in [3.05, 3.63) is 40.7 Å². The second-order valence-corrected chi connectivity index (χ2v) is 5.18. The van der Waals surface area contributed by atoms with Gasteiger partial charge in [-0.05, 0) is 31.5 Å². The van der Waals surface area contributed by atoms with E-state index in [0.717, 1.165) is 11.4 Å². The minimum atomic E-state index is -0.266. The molecule has 0 bridgehead atoms. The molecule has 6 nitrogen and oxygen atoms in total. The van der Waals surface area contributed by atoms with Gasteiger partial charge >= 0.3 is 0 Å². The van der Waals surface area contributed by atoms with E-state index in [1.165, 1.54) is 0 Å². The number of benzene rings is 1. The van der Waals surface area contributed by atoms with Gasteiger partial charge in [0.2, 0.25) is 0 Å². The van der Waals surface area contributed by atoms with E-state index in [1.54, 1.807) is 16.8 Å². The quantitative estimate of drug-likeness (QED) is 0.877. The topological polar surface area (TPSA) is 85.8 Å². The summed E-state index contributed by atoms with van der Waals surface area (Å²) in [7, 11) is 0. The summed E-state index contributed by atoms with van der Waals surface area (Å²) in [6.45, 7) is 4.16. The molecule has 0 unspecified atom stereocenters. The molecule has 0 aliphatic rings. The molecule has 3 N–H and O–H groups in total. The van der Waals surface area contributed by atoms with Crippen molar-refractivity contribution in [3.8, 4) is 5.69 Å². The average molecular weight is 308 g/mol. The van der Waals surface area contributed by atoms with Crippen LogP contribution in [0.4, 0.5) is 0 Å². The molecular formula is C14H18ClN5O. The third-order valence-corrected chi connectivity index (χ3v) is 3.33. The Hall–Kier alpha value is -1.92. The fraction of sp³-hybridized carbons (Fsp3) is 0.357. The van der Waals surface area contributed by atoms with Crippen LogP contribution in [-0.2, 0) is 6.42 Å². The van der Waals surface area contributed by atoms with Gasteiger partial charge in [0.05, 0.1) is 11.4 Å². The van der Waals surface area contributed by atoms with Crippen LogP contribution in [0.5, 0.6) is 0 Å². The number of rotatable bonds is 5. The van der Waals surface area contributed by atoms with Crippen molar-refractivity contribution in [1.29, 1.82) is 0 Å². The molecule has 2 rings (SSSR count). The van der Waals surface area contributed by atoms with Gasteiger partial charge in [0.1, 0.15) is 0 Å². The van der Waals surface area contributed by atoms with Crippen molar-refractivity contribution in [2.45, 2.75) is 26.3 Å². The van der Waals surface area contributed by atoms with E-state index in [1.807, 2.05) is 26.0 Å². The normalized spacial score (nSPS) is 12.2. The molecule has 2 aromatic rings. The highest BCUT2D eigenvalue weighted by Gasteiger charge is 2.20. The number of amides is 1. The molecule has 0 saturated carbocycles. The number of carbonyl (C=O) groups excluding carboxylic acids is 1. The van der Waals surface area contributed by atoms with Crippen molar-refractivity contribution < 1.29 is 4.79 Å². The summed E-state index contributed by atoms with van der Waals surface area (Å²) in [5.41, 5.74) is 7.34. The van der Waals surface area contributed by atoms with Gasteiger partial charge in [-0.3, -0.25) is 4.79 Å². The maximum atomic E-state index is 12.2. The number of nitrogens with zero attached hydrogens (tertiary/aromatic N) is 3. The van der Waals surface area contributed by atoms with Crippen molar-refractivity contribution in [2.24, 2.45) is 5.73 Å².